The molecule has 0 bridgehead atoms. The minimum atomic E-state index is -0.503. The van der Waals surface area contributed by atoms with E-state index < -0.39 is 12.2 Å². The van der Waals surface area contributed by atoms with E-state index in [-0.39, 0.29) is 48.5 Å². The van der Waals surface area contributed by atoms with Gasteiger partial charge in [-0.15, -0.1) is 0 Å². The Labute approximate surface area is 256 Å². The number of hydrogen-bond donors (Lipinski definition) is 3. The lowest BCUT2D eigenvalue weighted by molar-refractivity contribution is -0.145. The van der Waals surface area contributed by atoms with E-state index in [0.29, 0.717) is 12.8 Å². The smallest absolute Gasteiger partial charge is 0.309 e. The summed E-state index contributed by atoms with van der Waals surface area (Å²) in [7, 11) is 0. The first-order chi connectivity index (χ1) is 20.3. The van der Waals surface area contributed by atoms with E-state index in [0.717, 1.165) is 77.0 Å². The minimum absolute atomic E-state index is 0.0338. The zero-order valence-corrected chi connectivity index (χ0v) is 27.0. The third kappa shape index (κ3) is 16.2. The van der Waals surface area contributed by atoms with Crippen molar-refractivity contribution >= 4 is 11.8 Å². The highest BCUT2D eigenvalue weighted by molar-refractivity contribution is 5.83. The number of ketones is 1. The topological polar surface area (TPSA) is 113 Å². The van der Waals surface area contributed by atoms with Gasteiger partial charge in [-0.05, 0) is 64.7 Å². The van der Waals surface area contributed by atoms with Crippen LogP contribution in [0.25, 0.3) is 0 Å². The molecule has 246 valence electrons. The van der Waals surface area contributed by atoms with Crippen LogP contribution in [0.5, 0.6) is 0 Å². The average molecular weight is 597 g/mol. The van der Waals surface area contributed by atoms with Crippen molar-refractivity contribution in [2.24, 2.45) is 5.92 Å². The fraction of sp³-hybridized carbons (Fsp3) is 0.943. The molecular formula is C35H64O7. The maximum absolute atomic E-state index is 11.8. The van der Waals surface area contributed by atoms with Gasteiger partial charge in [0.05, 0.1) is 36.4 Å². The Morgan fingerprint density at radius 3 is 1.79 bits per heavy atom. The van der Waals surface area contributed by atoms with Gasteiger partial charge in [0.15, 0.2) is 0 Å². The number of rotatable bonds is 26. The summed E-state index contributed by atoms with van der Waals surface area (Å²) in [5, 5.41) is 31.6. The second-order valence-corrected chi connectivity index (χ2v) is 13.4. The van der Waals surface area contributed by atoms with Crippen molar-refractivity contribution in [3.63, 3.8) is 0 Å². The van der Waals surface area contributed by atoms with Gasteiger partial charge in [-0.3, -0.25) is 4.79 Å². The van der Waals surface area contributed by atoms with Crippen LogP contribution in [0.3, 0.4) is 0 Å². The zero-order valence-electron chi connectivity index (χ0n) is 27.0. The first-order valence-electron chi connectivity index (χ1n) is 17.7. The molecule has 42 heavy (non-hydrogen) atoms. The Bertz CT molecular complexity index is 713. The predicted octanol–water partition coefficient (Wildman–Crippen LogP) is 7.35. The molecule has 2 aliphatic rings. The van der Waals surface area contributed by atoms with Crippen molar-refractivity contribution in [3.8, 4) is 0 Å². The number of cyclic esters (lactones) is 1. The molecule has 0 amide bonds. The number of ether oxygens (including phenoxy) is 2. The van der Waals surface area contributed by atoms with Crippen LogP contribution in [0.15, 0.2) is 0 Å². The Balaban J connectivity index is 1.41. The molecule has 0 aromatic heterocycles. The summed E-state index contributed by atoms with van der Waals surface area (Å²) in [4.78, 5) is 23.1. The second kappa shape index (κ2) is 22.5. The first kappa shape index (κ1) is 37.2. The largest absolute Gasteiger partial charge is 0.462 e. The second-order valence-electron chi connectivity index (χ2n) is 13.4. The number of esters is 1. The van der Waals surface area contributed by atoms with Gasteiger partial charge >= 0.3 is 5.97 Å². The summed E-state index contributed by atoms with van der Waals surface area (Å²) in [5.74, 6) is -0.459. The Kier molecular flexibility index (Phi) is 19.9. The third-order valence-electron chi connectivity index (χ3n) is 9.35. The fourth-order valence-corrected chi connectivity index (χ4v) is 6.69. The van der Waals surface area contributed by atoms with Crippen LogP contribution in [0.2, 0.25) is 0 Å². The van der Waals surface area contributed by atoms with Crippen molar-refractivity contribution in [2.75, 3.05) is 0 Å². The van der Waals surface area contributed by atoms with Gasteiger partial charge in [0.1, 0.15) is 11.9 Å². The van der Waals surface area contributed by atoms with Crippen molar-refractivity contribution in [1.29, 1.82) is 0 Å². The van der Waals surface area contributed by atoms with Gasteiger partial charge in [0.25, 0.3) is 0 Å². The predicted molar refractivity (Wildman–Crippen MR) is 167 cm³/mol. The van der Waals surface area contributed by atoms with Crippen molar-refractivity contribution < 1.29 is 34.4 Å². The standard InChI is InChI=1S/C35H64O7/c1-3-4-5-6-7-8-9-10-11-15-21-31(38)33-23-24-34(42-33)32(39)22-17-16-19-29(37)18-13-12-14-20-30-26-28(25-27(2)36)35(40)41-30/h28-34,37-39H,3-26H2,1-2H3/t28-,29+,30-,31-,32+,33-,34+/m0/s1. The number of unbranched alkanes of at least 4 members (excludes halogenated alkanes) is 12. The summed E-state index contributed by atoms with van der Waals surface area (Å²) < 4.78 is 11.5. The van der Waals surface area contributed by atoms with Crippen molar-refractivity contribution in [1.82, 2.24) is 0 Å². The van der Waals surface area contributed by atoms with Crippen molar-refractivity contribution in [3.05, 3.63) is 0 Å². The summed E-state index contributed by atoms with van der Waals surface area (Å²) in [6.45, 7) is 3.77. The lowest BCUT2D eigenvalue weighted by atomic mass is 9.96. The highest BCUT2D eigenvalue weighted by Gasteiger charge is 2.35. The van der Waals surface area contributed by atoms with E-state index in [9.17, 15) is 24.9 Å². The normalized spacial score (nSPS) is 24.5. The van der Waals surface area contributed by atoms with E-state index in [4.69, 9.17) is 9.47 Å². The van der Waals surface area contributed by atoms with E-state index in [1.807, 2.05) is 0 Å². The number of aliphatic hydroxyl groups excluding tert-OH is 3. The SMILES string of the molecule is CCCCCCCCCCCC[C@H](O)[C@@H]1CC[C@H]([C@H](O)CCCC[C@H](O)CCCCC[C@H]2C[C@H](CC(C)=O)C(=O)O2)O1. The molecule has 2 saturated heterocycles. The van der Waals surface area contributed by atoms with Gasteiger partial charge < -0.3 is 29.6 Å². The maximum atomic E-state index is 11.8. The lowest BCUT2D eigenvalue weighted by Gasteiger charge is -2.22. The van der Waals surface area contributed by atoms with Gasteiger partial charge in [-0.25, -0.2) is 0 Å². The maximum Gasteiger partial charge on any atom is 0.309 e. The summed E-state index contributed by atoms with van der Waals surface area (Å²) in [5.41, 5.74) is 0. The lowest BCUT2D eigenvalue weighted by Crippen LogP contribution is -2.31. The Hall–Kier alpha value is -1.02. The molecule has 7 heteroatoms. The molecule has 0 aromatic carbocycles. The van der Waals surface area contributed by atoms with E-state index in [2.05, 4.69) is 6.92 Å². The number of hydrogen-bond acceptors (Lipinski definition) is 7. The minimum Gasteiger partial charge on any atom is -0.462 e. The number of carbonyl (C=O) groups excluding carboxylic acids is 2. The number of Topliss-reactive ketones (excluding diaryl/α,β-unsaturated/α-hetero) is 1. The molecule has 7 nitrogen and oxygen atoms in total. The molecule has 2 heterocycles. The van der Waals surface area contributed by atoms with Crippen LogP contribution >= 0.6 is 0 Å². The summed E-state index contributed by atoms with van der Waals surface area (Å²) >= 11 is 0. The molecule has 2 rings (SSSR count). The highest BCUT2D eigenvalue weighted by Crippen LogP contribution is 2.29. The molecule has 0 saturated carbocycles. The molecule has 0 spiro atoms. The Morgan fingerprint density at radius 1 is 0.738 bits per heavy atom. The molecule has 0 unspecified atom stereocenters. The highest BCUT2D eigenvalue weighted by atomic mass is 16.6. The zero-order chi connectivity index (χ0) is 30.6. The molecular weight excluding hydrogens is 532 g/mol. The van der Waals surface area contributed by atoms with Crippen molar-refractivity contribution in [2.45, 2.75) is 205 Å². The molecule has 2 aliphatic heterocycles. The van der Waals surface area contributed by atoms with Crippen LogP contribution in [0.4, 0.5) is 0 Å². The number of aliphatic hydroxyl groups is 3. The van der Waals surface area contributed by atoms with E-state index in [1.54, 1.807) is 0 Å². The van der Waals surface area contributed by atoms with Crippen LogP contribution in [-0.2, 0) is 19.1 Å². The summed E-state index contributed by atoms with van der Waals surface area (Å²) in [6.07, 6.45) is 22.2. The van der Waals surface area contributed by atoms with Gasteiger partial charge in [-0.1, -0.05) is 96.8 Å². The van der Waals surface area contributed by atoms with E-state index >= 15 is 0 Å². The van der Waals surface area contributed by atoms with Crippen LogP contribution < -0.4 is 0 Å². The number of carbonyl (C=O) groups is 2. The molecule has 7 atom stereocenters. The first-order valence-corrected chi connectivity index (χ1v) is 17.7. The molecule has 0 aliphatic carbocycles. The average Bonchev–Trinajstić information content (AvgIpc) is 3.58. The van der Waals surface area contributed by atoms with Gasteiger partial charge in [0.2, 0.25) is 0 Å². The summed E-state index contributed by atoms with van der Waals surface area (Å²) in [6, 6.07) is 0. The van der Waals surface area contributed by atoms with Crippen LogP contribution in [0, 0.1) is 5.92 Å². The van der Waals surface area contributed by atoms with Crippen LogP contribution in [-0.4, -0.2) is 63.7 Å². The molecule has 0 aromatic rings. The van der Waals surface area contributed by atoms with Gasteiger partial charge in [-0.2, -0.15) is 0 Å². The monoisotopic (exact) mass is 596 g/mol. The van der Waals surface area contributed by atoms with E-state index in [1.165, 1.54) is 64.7 Å². The Morgan fingerprint density at radius 2 is 1.21 bits per heavy atom. The quantitative estimate of drug-likeness (QED) is 0.0707. The molecule has 2 fully saturated rings. The van der Waals surface area contributed by atoms with Crippen LogP contribution in [0.1, 0.15) is 168 Å². The molecule has 0 radical (unpaired) electrons. The van der Waals surface area contributed by atoms with Gasteiger partial charge in [0, 0.05) is 6.42 Å². The third-order valence-corrected chi connectivity index (χ3v) is 9.35. The fourth-order valence-electron chi connectivity index (χ4n) is 6.69. The molecule has 3 N–H and O–H groups in total.